The van der Waals surface area contributed by atoms with Crippen LogP contribution in [0.2, 0.25) is 0 Å². The quantitative estimate of drug-likeness (QED) is 0.389. The number of anilines is 4. The number of aromatic nitrogens is 3. The second-order valence-corrected chi connectivity index (χ2v) is 12.0. The molecule has 11 heteroatoms. The second kappa shape index (κ2) is 10.1. The van der Waals surface area contributed by atoms with Crippen LogP contribution in [-0.4, -0.2) is 72.1 Å². The second-order valence-electron chi connectivity index (χ2n) is 9.02. The lowest BCUT2D eigenvalue weighted by Crippen LogP contribution is -2.47. The standard InChI is InChI=1S/C25H29N7O2S2/c1-18-4-6-20(7-5-18)30(2)23-9-8-21-24(29-23)35-25(27-21)28-22-16-19(10-11-26-22)17-31-12-14-32(15-13-31)36(3,33)34/h4-11,16H,12-15,17H2,1-3H3,(H,26,27,28). The summed E-state index contributed by atoms with van der Waals surface area (Å²) in [6.07, 6.45) is 3.05. The smallest absolute Gasteiger partial charge is 0.211 e. The normalized spacial score (nSPS) is 15.3. The number of hydrogen-bond acceptors (Lipinski definition) is 9. The Morgan fingerprint density at radius 2 is 1.78 bits per heavy atom. The molecule has 1 aromatic carbocycles. The zero-order valence-corrected chi connectivity index (χ0v) is 22.2. The van der Waals surface area contributed by atoms with Gasteiger partial charge in [0.25, 0.3) is 0 Å². The van der Waals surface area contributed by atoms with Crippen molar-refractivity contribution in [2.45, 2.75) is 13.5 Å². The van der Waals surface area contributed by atoms with Crippen molar-refractivity contribution in [3.05, 3.63) is 65.9 Å². The van der Waals surface area contributed by atoms with Crippen LogP contribution < -0.4 is 10.2 Å². The van der Waals surface area contributed by atoms with Gasteiger partial charge in [0.05, 0.1) is 6.26 Å². The minimum absolute atomic E-state index is 0.523. The molecule has 3 aromatic heterocycles. The van der Waals surface area contributed by atoms with E-state index in [0.717, 1.165) is 44.9 Å². The van der Waals surface area contributed by atoms with Gasteiger partial charge in [0, 0.05) is 51.7 Å². The molecule has 5 rings (SSSR count). The van der Waals surface area contributed by atoms with Crippen molar-refractivity contribution >= 4 is 54.2 Å². The summed E-state index contributed by atoms with van der Waals surface area (Å²) in [7, 11) is -1.12. The molecule has 1 aliphatic rings. The number of aryl methyl sites for hydroxylation is 1. The summed E-state index contributed by atoms with van der Waals surface area (Å²) in [6, 6.07) is 16.3. The Morgan fingerprint density at radius 1 is 1.03 bits per heavy atom. The Labute approximate surface area is 215 Å². The first-order valence-electron chi connectivity index (χ1n) is 11.7. The van der Waals surface area contributed by atoms with Gasteiger partial charge in [0.1, 0.15) is 22.0 Å². The molecule has 0 aliphatic carbocycles. The van der Waals surface area contributed by atoms with E-state index in [1.165, 1.54) is 27.5 Å². The number of nitrogens with one attached hydrogen (secondary N) is 1. The zero-order chi connectivity index (χ0) is 25.3. The maximum absolute atomic E-state index is 11.7. The lowest BCUT2D eigenvalue weighted by molar-refractivity contribution is 0.182. The molecule has 9 nitrogen and oxygen atoms in total. The van der Waals surface area contributed by atoms with E-state index < -0.39 is 10.0 Å². The third-order valence-electron chi connectivity index (χ3n) is 6.27. The number of fused-ring (bicyclic) bond motifs is 1. The summed E-state index contributed by atoms with van der Waals surface area (Å²) < 4.78 is 25.0. The summed E-state index contributed by atoms with van der Waals surface area (Å²) in [5, 5.41) is 4.06. The number of hydrogen-bond donors (Lipinski definition) is 1. The average molecular weight is 524 g/mol. The number of pyridine rings is 2. The minimum atomic E-state index is -3.13. The Bertz CT molecular complexity index is 1460. The van der Waals surface area contributed by atoms with E-state index in [2.05, 4.69) is 56.3 Å². The van der Waals surface area contributed by atoms with Crippen LogP contribution in [0.3, 0.4) is 0 Å². The fourth-order valence-corrected chi connectivity index (χ4v) is 5.84. The molecule has 0 atom stereocenters. The first-order valence-corrected chi connectivity index (χ1v) is 14.4. The summed E-state index contributed by atoms with van der Waals surface area (Å²) in [5.41, 5.74) is 4.25. The van der Waals surface area contributed by atoms with Gasteiger partial charge in [-0.1, -0.05) is 29.0 Å². The molecule has 0 saturated carbocycles. The third kappa shape index (κ3) is 5.65. The molecule has 0 unspecified atom stereocenters. The molecule has 188 valence electrons. The van der Waals surface area contributed by atoms with Crippen LogP contribution in [0.5, 0.6) is 0 Å². The number of benzene rings is 1. The van der Waals surface area contributed by atoms with Gasteiger partial charge in [-0.05, 0) is 48.9 Å². The summed E-state index contributed by atoms with van der Waals surface area (Å²) in [6.45, 7) is 5.28. The van der Waals surface area contributed by atoms with Crippen LogP contribution in [0.15, 0.2) is 54.7 Å². The molecular formula is C25H29N7O2S2. The van der Waals surface area contributed by atoms with Crippen molar-refractivity contribution in [3.63, 3.8) is 0 Å². The Morgan fingerprint density at radius 3 is 2.50 bits per heavy atom. The van der Waals surface area contributed by atoms with Gasteiger partial charge in [0.2, 0.25) is 10.0 Å². The van der Waals surface area contributed by atoms with E-state index >= 15 is 0 Å². The average Bonchev–Trinajstić information content (AvgIpc) is 3.25. The monoisotopic (exact) mass is 523 g/mol. The molecule has 1 aliphatic heterocycles. The maximum Gasteiger partial charge on any atom is 0.211 e. The van der Waals surface area contributed by atoms with E-state index in [4.69, 9.17) is 4.98 Å². The van der Waals surface area contributed by atoms with Crippen molar-refractivity contribution in [2.75, 3.05) is 49.7 Å². The number of piperazine rings is 1. The van der Waals surface area contributed by atoms with E-state index in [-0.39, 0.29) is 0 Å². The molecule has 4 heterocycles. The first-order chi connectivity index (χ1) is 17.2. The first kappa shape index (κ1) is 24.6. The summed E-state index contributed by atoms with van der Waals surface area (Å²) >= 11 is 1.49. The highest BCUT2D eigenvalue weighted by atomic mass is 32.2. The molecule has 1 saturated heterocycles. The lowest BCUT2D eigenvalue weighted by Gasteiger charge is -2.33. The zero-order valence-electron chi connectivity index (χ0n) is 20.5. The number of sulfonamides is 1. The summed E-state index contributed by atoms with van der Waals surface area (Å²) in [5.74, 6) is 1.58. The Balaban J connectivity index is 1.26. The van der Waals surface area contributed by atoms with Crippen LogP contribution in [0.1, 0.15) is 11.1 Å². The number of thiazole rings is 1. The van der Waals surface area contributed by atoms with Gasteiger partial charge in [-0.3, -0.25) is 4.90 Å². The lowest BCUT2D eigenvalue weighted by atomic mass is 10.2. The maximum atomic E-state index is 11.7. The van der Waals surface area contributed by atoms with Crippen LogP contribution in [0.25, 0.3) is 10.3 Å². The van der Waals surface area contributed by atoms with Gasteiger partial charge in [-0.25, -0.2) is 23.4 Å². The van der Waals surface area contributed by atoms with Crippen molar-refractivity contribution in [1.82, 2.24) is 24.2 Å². The topological polar surface area (TPSA) is 94.6 Å². The van der Waals surface area contributed by atoms with Crippen LogP contribution >= 0.6 is 11.3 Å². The van der Waals surface area contributed by atoms with Crippen molar-refractivity contribution < 1.29 is 8.42 Å². The molecule has 0 spiro atoms. The highest BCUT2D eigenvalue weighted by molar-refractivity contribution is 7.88. The largest absolute Gasteiger partial charge is 0.329 e. The van der Waals surface area contributed by atoms with Crippen molar-refractivity contribution in [3.8, 4) is 0 Å². The van der Waals surface area contributed by atoms with Gasteiger partial charge < -0.3 is 10.2 Å². The highest BCUT2D eigenvalue weighted by Gasteiger charge is 2.23. The minimum Gasteiger partial charge on any atom is -0.329 e. The molecule has 36 heavy (non-hydrogen) atoms. The van der Waals surface area contributed by atoms with Crippen molar-refractivity contribution in [1.29, 1.82) is 0 Å². The van der Waals surface area contributed by atoms with Gasteiger partial charge in [-0.2, -0.15) is 4.31 Å². The molecule has 0 amide bonds. The van der Waals surface area contributed by atoms with Gasteiger partial charge in [-0.15, -0.1) is 0 Å². The number of nitrogens with zero attached hydrogens (tertiary/aromatic N) is 6. The van der Waals surface area contributed by atoms with E-state index in [0.29, 0.717) is 26.2 Å². The fourth-order valence-electron chi connectivity index (χ4n) is 4.18. The van der Waals surface area contributed by atoms with Crippen LogP contribution in [0.4, 0.5) is 22.5 Å². The van der Waals surface area contributed by atoms with E-state index in [1.807, 2.05) is 31.3 Å². The molecule has 0 radical (unpaired) electrons. The van der Waals surface area contributed by atoms with Crippen LogP contribution in [-0.2, 0) is 16.6 Å². The molecule has 0 bridgehead atoms. The highest BCUT2D eigenvalue weighted by Crippen LogP contribution is 2.30. The molecule has 1 fully saturated rings. The SMILES string of the molecule is Cc1ccc(N(C)c2ccc3nc(Nc4cc(CN5CCN(S(C)(=O)=O)CC5)ccn4)sc3n2)cc1. The Hall–Kier alpha value is -3.12. The van der Waals surface area contributed by atoms with Crippen LogP contribution in [0, 0.1) is 6.92 Å². The molecular weight excluding hydrogens is 494 g/mol. The predicted octanol–water partition coefficient (Wildman–Crippen LogP) is 3.98. The van der Waals surface area contributed by atoms with Gasteiger partial charge >= 0.3 is 0 Å². The number of rotatable bonds is 7. The summed E-state index contributed by atoms with van der Waals surface area (Å²) in [4.78, 5) is 19.1. The Kier molecular flexibility index (Phi) is 6.89. The fraction of sp³-hybridized carbons (Fsp3) is 0.320. The molecule has 1 N–H and O–H groups in total. The third-order valence-corrected chi connectivity index (χ3v) is 8.46. The predicted molar refractivity (Wildman–Crippen MR) is 146 cm³/mol. The van der Waals surface area contributed by atoms with E-state index in [1.54, 1.807) is 6.20 Å². The van der Waals surface area contributed by atoms with Gasteiger partial charge in [0.15, 0.2) is 5.13 Å². The van der Waals surface area contributed by atoms with E-state index in [9.17, 15) is 8.42 Å². The molecule has 4 aromatic rings. The van der Waals surface area contributed by atoms with Crippen molar-refractivity contribution in [2.24, 2.45) is 0 Å².